The number of nitrogens with zero attached hydrogens (tertiary/aromatic N) is 2. The highest BCUT2D eigenvalue weighted by Crippen LogP contribution is 2.29. The predicted octanol–water partition coefficient (Wildman–Crippen LogP) is 3.29. The Balaban J connectivity index is 2.42. The van der Waals surface area contributed by atoms with E-state index in [2.05, 4.69) is 25.6 Å². The summed E-state index contributed by atoms with van der Waals surface area (Å²) in [7, 11) is -2.26. The smallest absolute Gasteiger partial charge is 0.282 e. The molecule has 0 fully saturated rings. The number of aromatic nitrogens is 2. The summed E-state index contributed by atoms with van der Waals surface area (Å²) in [6.07, 6.45) is 1.32. The van der Waals surface area contributed by atoms with Crippen molar-refractivity contribution < 1.29 is 8.42 Å². The quantitative estimate of drug-likeness (QED) is 0.882. The molecule has 1 aromatic carbocycles. The molecule has 2 aromatic rings. The van der Waals surface area contributed by atoms with E-state index in [0.29, 0.717) is 15.2 Å². The average Bonchev–Trinajstić information content (AvgIpc) is 2.65. The topological polar surface area (TPSA) is 64.0 Å². The molecular weight excluding hydrogens is 377 g/mol. The Hall–Kier alpha value is -0.760. The number of halogens is 3. The van der Waals surface area contributed by atoms with E-state index in [-0.39, 0.29) is 10.2 Å². The molecule has 9 heteroatoms. The Labute approximate surface area is 128 Å². The number of nitrogens with one attached hydrogen (secondary N) is 1. The lowest BCUT2D eigenvalue weighted by molar-refractivity contribution is 0.598. The molecule has 5 nitrogen and oxygen atoms in total. The van der Waals surface area contributed by atoms with Crippen LogP contribution >= 0.6 is 39.1 Å². The van der Waals surface area contributed by atoms with Gasteiger partial charge in [0.2, 0.25) is 5.03 Å². The minimum Gasteiger partial charge on any atom is -0.324 e. The monoisotopic (exact) mass is 383 g/mol. The van der Waals surface area contributed by atoms with Crippen LogP contribution in [0.3, 0.4) is 0 Å². The summed E-state index contributed by atoms with van der Waals surface area (Å²) in [5.41, 5.74) is 0.314. The van der Waals surface area contributed by atoms with Crippen molar-refractivity contribution in [2.45, 2.75) is 5.03 Å². The number of aryl methyl sites for hydroxylation is 1. The van der Waals surface area contributed by atoms with Gasteiger partial charge in [0, 0.05) is 16.5 Å². The molecule has 1 aromatic heterocycles. The molecule has 0 radical (unpaired) electrons. The first-order valence-corrected chi connectivity index (χ1v) is 7.99. The van der Waals surface area contributed by atoms with E-state index in [1.807, 2.05) is 0 Å². The third kappa shape index (κ3) is 3.05. The summed E-state index contributed by atoms with van der Waals surface area (Å²) in [4.78, 5) is 3.77. The van der Waals surface area contributed by atoms with Crippen LogP contribution in [0.4, 0.5) is 5.69 Å². The molecule has 0 amide bonds. The number of hydrogen-bond donors (Lipinski definition) is 1. The fourth-order valence-electron chi connectivity index (χ4n) is 1.34. The molecule has 0 spiro atoms. The molecule has 0 aliphatic carbocycles. The first kappa shape index (κ1) is 14.6. The zero-order valence-corrected chi connectivity index (χ0v) is 13.5. The molecular formula is C10H8BrCl2N3O2S. The van der Waals surface area contributed by atoms with Gasteiger partial charge in [-0.05, 0) is 34.1 Å². The first-order chi connectivity index (χ1) is 8.81. The van der Waals surface area contributed by atoms with Gasteiger partial charge in [0.1, 0.15) is 5.15 Å². The van der Waals surface area contributed by atoms with Crippen molar-refractivity contribution in [1.29, 1.82) is 0 Å². The van der Waals surface area contributed by atoms with Crippen molar-refractivity contribution >= 4 is 54.8 Å². The van der Waals surface area contributed by atoms with Crippen LogP contribution in [0.1, 0.15) is 0 Å². The predicted molar refractivity (Wildman–Crippen MR) is 78.2 cm³/mol. The number of sulfonamides is 1. The van der Waals surface area contributed by atoms with Crippen molar-refractivity contribution in [1.82, 2.24) is 9.55 Å². The first-order valence-electron chi connectivity index (χ1n) is 4.96. The Bertz CT molecular complexity index is 730. The minimum absolute atomic E-state index is 0.0330. The molecule has 0 bridgehead atoms. The Kier molecular flexibility index (Phi) is 4.10. The maximum atomic E-state index is 12.2. The molecule has 2 rings (SSSR count). The van der Waals surface area contributed by atoms with E-state index in [9.17, 15) is 8.42 Å². The summed E-state index contributed by atoms with van der Waals surface area (Å²) in [5.74, 6) is 0. The zero-order chi connectivity index (χ0) is 14.2. The van der Waals surface area contributed by atoms with Gasteiger partial charge in [0.25, 0.3) is 10.0 Å². The van der Waals surface area contributed by atoms with E-state index >= 15 is 0 Å². The van der Waals surface area contributed by atoms with Gasteiger partial charge in [-0.2, -0.15) is 8.42 Å². The van der Waals surface area contributed by atoms with Crippen LogP contribution in [0.25, 0.3) is 0 Å². The molecule has 1 heterocycles. The molecule has 0 aliphatic rings. The third-order valence-corrected chi connectivity index (χ3v) is 5.04. The third-order valence-electron chi connectivity index (χ3n) is 2.26. The van der Waals surface area contributed by atoms with E-state index < -0.39 is 10.0 Å². The van der Waals surface area contributed by atoms with Gasteiger partial charge < -0.3 is 4.57 Å². The second-order valence-electron chi connectivity index (χ2n) is 3.68. The zero-order valence-electron chi connectivity index (χ0n) is 9.56. The number of rotatable bonds is 3. The lowest BCUT2D eigenvalue weighted by Crippen LogP contribution is -2.14. The summed E-state index contributed by atoms with van der Waals surface area (Å²) in [6, 6.07) is 4.76. The van der Waals surface area contributed by atoms with E-state index in [1.165, 1.54) is 17.0 Å². The van der Waals surface area contributed by atoms with E-state index in [0.717, 1.165) is 0 Å². The Morgan fingerprint density at radius 3 is 2.63 bits per heavy atom. The average molecular weight is 385 g/mol. The molecule has 0 saturated carbocycles. The van der Waals surface area contributed by atoms with Gasteiger partial charge in [-0.25, -0.2) is 4.98 Å². The summed E-state index contributed by atoms with van der Waals surface area (Å²) in [5, 5.41) is 0.210. The van der Waals surface area contributed by atoms with Gasteiger partial charge in [-0.3, -0.25) is 4.72 Å². The minimum atomic E-state index is -3.86. The van der Waals surface area contributed by atoms with Gasteiger partial charge in [0.05, 0.1) is 12.0 Å². The maximum absolute atomic E-state index is 12.2. The molecule has 19 heavy (non-hydrogen) atoms. The van der Waals surface area contributed by atoms with Crippen LogP contribution in [0.15, 0.2) is 34.0 Å². The largest absolute Gasteiger partial charge is 0.324 e. The van der Waals surface area contributed by atoms with Crippen molar-refractivity contribution in [3.8, 4) is 0 Å². The second-order valence-corrected chi connectivity index (χ2v) is 6.93. The summed E-state index contributed by atoms with van der Waals surface area (Å²) < 4.78 is 28.7. The molecule has 102 valence electrons. The van der Waals surface area contributed by atoms with Gasteiger partial charge in [-0.1, -0.05) is 23.2 Å². The number of benzene rings is 1. The number of anilines is 1. The highest BCUT2D eigenvalue weighted by Gasteiger charge is 2.23. The fraction of sp³-hybridized carbons (Fsp3) is 0.100. The maximum Gasteiger partial charge on any atom is 0.282 e. The number of imidazole rings is 1. The van der Waals surface area contributed by atoms with E-state index in [4.69, 9.17) is 23.2 Å². The molecule has 0 unspecified atom stereocenters. The van der Waals surface area contributed by atoms with Crippen LogP contribution in [0, 0.1) is 0 Å². The normalized spacial score (nSPS) is 11.6. The van der Waals surface area contributed by atoms with Crippen molar-refractivity contribution in [3.63, 3.8) is 0 Å². The standard InChI is InChI=1S/C10H8BrCl2N3O2S/c1-16-5-14-10(9(16)13)19(17,18)15-8-4-6(12)2-3-7(8)11/h2-5,15H,1H3. The van der Waals surface area contributed by atoms with Gasteiger partial charge >= 0.3 is 0 Å². The SMILES string of the molecule is Cn1cnc(S(=O)(=O)Nc2cc(Cl)ccc2Br)c1Cl. The van der Waals surface area contributed by atoms with Crippen LogP contribution in [0.2, 0.25) is 10.2 Å². The lowest BCUT2D eigenvalue weighted by Gasteiger charge is -2.08. The molecule has 1 N–H and O–H groups in total. The van der Waals surface area contributed by atoms with Crippen molar-refractivity contribution in [2.24, 2.45) is 7.05 Å². The fourth-order valence-corrected chi connectivity index (χ4v) is 3.50. The van der Waals surface area contributed by atoms with Gasteiger partial charge in [-0.15, -0.1) is 0 Å². The van der Waals surface area contributed by atoms with Crippen molar-refractivity contribution in [3.05, 3.63) is 39.2 Å². The van der Waals surface area contributed by atoms with Crippen molar-refractivity contribution in [2.75, 3.05) is 4.72 Å². The second kappa shape index (κ2) is 5.32. The van der Waals surface area contributed by atoms with Crippen LogP contribution in [-0.2, 0) is 17.1 Å². The Morgan fingerprint density at radius 2 is 2.05 bits per heavy atom. The Morgan fingerprint density at radius 1 is 1.37 bits per heavy atom. The van der Waals surface area contributed by atoms with Crippen LogP contribution in [0.5, 0.6) is 0 Å². The van der Waals surface area contributed by atoms with Gasteiger partial charge in [0.15, 0.2) is 0 Å². The van der Waals surface area contributed by atoms with Crippen LogP contribution in [-0.4, -0.2) is 18.0 Å². The van der Waals surface area contributed by atoms with E-state index in [1.54, 1.807) is 19.2 Å². The molecule has 0 aliphatic heterocycles. The van der Waals surface area contributed by atoms with Crippen LogP contribution < -0.4 is 4.72 Å². The number of hydrogen-bond acceptors (Lipinski definition) is 3. The summed E-state index contributed by atoms with van der Waals surface area (Å²) in [6.45, 7) is 0. The molecule has 0 atom stereocenters. The highest BCUT2D eigenvalue weighted by atomic mass is 79.9. The highest BCUT2D eigenvalue weighted by molar-refractivity contribution is 9.10. The molecule has 0 saturated heterocycles. The lowest BCUT2D eigenvalue weighted by atomic mass is 10.3. The summed E-state index contributed by atoms with van der Waals surface area (Å²) >= 11 is 14.9.